The topological polar surface area (TPSA) is 120 Å². The number of ether oxygens (including phenoxy) is 1. The van der Waals surface area contributed by atoms with Crippen molar-refractivity contribution in [3.63, 3.8) is 0 Å². The Hall–Kier alpha value is -2.17. The zero-order valence-electron chi connectivity index (χ0n) is 17.9. The van der Waals surface area contributed by atoms with Crippen LogP contribution in [0.25, 0.3) is 0 Å². The maximum Gasteiger partial charge on any atom is 0.347 e. The van der Waals surface area contributed by atoms with Gasteiger partial charge in [0, 0.05) is 19.7 Å². The highest BCUT2D eigenvalue weighted by atomic mass is 35.5. The van der Waals surface area contributed by atoms with E-state index in [1.54, 1.807) is 6.92 Å². The molecule has 1 amide bonds. The number of aryl methyl sites for hydroxylation is 2. The van der Waals surface area contributed by atoms with Crippen molar-refractivity contribution in [3.05, 3.63) is 27.2 Å². The van der Waals surface area contributed by atoms with E-state index in [9.17, 15) is 14.7 Å². The van der Waals surface area contributed by atoms with Crippen LogP contribution in [-0.2, 0) is 11.2 Å². The van der Waals surface area contributed by atoms with Crippen LogP contribution in [0.5, 0.6) is 0 Å². The minimum absolute atomic E-state index is 0.193. The number of amides is 1. The van der Waals surface area contributed by atoms with Crippen LogP contribution in [0.4, 0.5) is 5.13 Å². The molecule has 2 aromatic rings. The van der Waals surface area contributed by atoms with Gasteiger partial charge in [-0.2, -0.15) is 0 Å². The molecule has 1 saturated heterocycles. The van der Waals surface area contributed by atoms with Gasteiger partial charge in [-0.25, -0.2) is 14.8 Å². The number of aromatic amines is 1. The molecule has 0 unspecified atom stereocenters. The Morgan fingerprint density at radius 3 is 2.77 bits per heavy atom. The number of aromatic carboxylic acids is 1. The van der Waals surface area contributed by atoms with Crippen LogP contribution in [0.2, 0.25) is 5.15 Å². The number of rotatable bonds is 9. The Bertz CT molecular complexity index is 931. The van der Waals surface area contributed by atoms with E-state index in [0.717, 1.165) is 18.5 Å². The number of thiazole rings is 1. The second-order valence-electron chi connectivity index (χ2n) is 7.50. The Morgan fingerprint density at radius 2 is 2.16 bits per heavy atom. The molecule has 3 N–H and O–H groups in total. The van der Waals surface area contributed by atoms with Crippen LogP contribution in [0, 0.1) is 6.92 Å². The summed E-state index contributed by atoms with van der Waals surface area (Å²) in [6.45, 7) is 7.46. The summed E-state index contributed by atoms with van der Waals surface area (Å²) in [4.78, 5) is 37.9. The largest absolute Gasteiger partial charge is 0.477 e. The highest BCUT2D eigenvalue weighted by Crippen LogP contribution is 2.29. The fourth-order valence-corrected chi connectivity index (χ4v) is 4.69. The first-order valence-corrected chi connectivity index (χ1v) is 11.7. The first kappa shape index (κ1) is 23.5. The molecule has 0 spiro atoms. The molecule has 31 heavy (non-hydrogen) atoms. The maximum atomic E-state index is 12.7. The second-order valence-corrected chi connectivity index (χ2v) is 8.84. The number of imidazole rings is 1. The lowest BCUT2D eigenvalue weighted by atomic mass is 10.0. The van der Waals surface area contributed by atoms with Gasteiger partial charge in [-0.1, -0.05) is 43.2 Å². The van der Waals surface area contributed by atoms with Crippen LogP contribution >= 0.6 is 22.9 Å². The normalized spacial score (nSPS) is 18.9. The van der Waals surface area contributed by atoms with E-state index in [2.05, 4.69) is 27.2 Å². The molecule has 0 bridgehead atoms. The summed E-state index contributed by atoms with van der Waals surface area (Å²) in [7, 11) is 0. The molecule has 1 aliphatic rings. The molecule has 0 aromatic carbocycles. The lowest BCUT2D eigenvalue weighted by Gasteiger charge is -2.38. The smallest absolute Gasteiger partial charge is 0.347 e. The van der Waals surface area contributed by atoms with Gasteiger partial charge in [0.2, 0.25) is 0 Å². The van der Waals surface area contributed by atoms with Crippen molar-refractivity contribution in [1.82, 2.24) is 20.3 Å². The van der Waals surface area contributed by atoms with Gasteiger partial charge in [0.05, 0.1) is 23.5 Å². The number of carbonyl (C=O) groups is 2. The molecule has 2 aromatic heterocycles. The third-order valence-electron chi connectivity index (χ3n) is 5.25. The number of hydrogen-bond acceptors (Lipinski definition) is 7. The fourth-order valence-electron chi connectivity index (χ4n) is 3.49. The minimum atomic E-state index is -0.970. The second kappa shape index (κ2) is 10.4. The van der Waals surface area contributed by atoms with Gasteiger partial charge >= 0.3 is 5.97 Å². The number of halogens is 1. The van der Waals surface area contributed by atoms with Gasteiger partial charge < -0.3 is 25.0 Å². The third-order valence-corrected chi connectivity index (χ3v) is 6.77. The molecule has 1 fully saturated rings. The number of carboxylic acid groups (broad SMARTS) is 1. The number of carboxylic acids is 1. The Morgan fingerprint density at radius 1 is 1.39 bits per heavy atom. The molecule has 170 valence electrons. The van der Waals surface area contributed by atoms with Crippen molar-refractivity contribution in [2.24, 2.45) is 0 Å². The van der Waals surface area contributed by atoms with E-state index in [0.29, 0.717) is 48.5 Å². The van der Waals surface area contributed by atoms with Gasteiger partial charge in [0.15, 0.2) is 16.1 Å². The van der Waals surface area contributed by atoms with Crippen molar-refractivity contribution in [3.8, 4) is 0 Å². The summed E-state index contributed by atoms with van der Waals surface area (Å²) in [6, 6.07) is -0.199. The average molecular weight is 470 g/mol. The minimum Gasteiger partial charge on any atom is -0.477 e. The van der Waals surface area contributed by atoms with Crippen molar-refractivity contribution in [1.29, 1.82) is 0 Å². The number of hydrogen-bond donors (Lipinski definition) is 3. The zero-order chi connectivity index (χ0) is 22.5. The lowest BCUT2D eigenvalue weighted by molar-refractivity contribution is 0.0187. The summed E-state index contributed by atoms with van der Waals surface area (Å²) < 4.78 is 6.11. The summed E-state index contributed by atoms with van der Waals surface area (Å²) in [6.07, 6.45) is 2.97. The number of nitrogens with one attached hydrogen (secondary N) is 2. The van der Waals surface area contributed by atoms with Crippen LogP contribution < -0.4 is 10.2 Å². The molecule has 0 radical (unpaired) electrons. The van der Waals surface area contributed by atoms with E-state index in [1.807, 2.05) is 11.8 Å². The van der Waals surface area contributed by atoms with Gasteiger partial charge in [0.25, 0.3) is 5.91 Å². The molecule has 9 nitrogen and oxygen atoms in total. The van der Waals surface area contributed by atoms with Gasteiger partial charge in [0.1, 0.15) is 4.88 Å². The first-order valence-electron chi connectivity index (χ1n) is 10.5. The molecule has 3 heterocycles. The molecule has 0 saturated carbocycles. The number of aromatic nitrogens is 3. The predicted octanol–water partition coefficient (Wildman–Crippen LogP) is 3.28. The number of carbonyl (C=O) groups excluding carboxylic acids is 1. The molecule has 3 rings (SSSR count). The molecular weight excluding hydrogens is 442 g/mol. The molecular formula is C20H28ClN5O4S. The van der Waals surface area contributed by atoms with Crippen LogP contribution in [0.3, 0.4) is 0 Å². The van der Waals surface area contributed by atoms with Crippen molar-refractivity contribution >= 4 is 39.9 Å². The first-order chi connectivity index (χ1) is 14.8. The van der Waals surface area contributed by atoms with Crippen LogP contribution in [-0.4, -0.2) is 63.8 Å². The maximum absolute atomic E-state index is 12.7. The number of H-pyrrole nitrogens is 1. The Labute approximate surface area is 190 Å². The Kier molecular flexibility index (Phi) is 7.90. The molecule has 0 aliphatic carbocycles. The quantitative estimate of drug-likeness (QED) is 0.482. The van der Waals surface area contributed by atoms with Gasteiger partial charge in [-0.05, 0) is 26.2 Å². The summed E-state index contributed by atoms with van der Waals surface area (Å²) in [5.74, 6) is -1.09. The lowest BCUT2D eigenvalue weighted by Crippen LogP contribution is -2.55. The van der Waals surface area contributed by atoms with E-state index in [4.69, 9.17) is 16.3 Å². The van der Waals surface area contributed by atoms with Gasteiger partial charge in [-0.3, -0.25) is 4.79 Å². The standard InChI is InChI=1S/C20H28ClN5O4S/c1-4-6-9-30-14-10-26(20-22-11(3)15(31-20)19(28)29)8-7-13(14)24-18(27)17-23-12(5-2)16(21)25-17/h13-14H,4-10H2,1-3H3,(H,23,25)(H,24,27)(H,28,29)/t13-,14+/m1/s1. The average Bonchev–Trinajstić information content (AvgIpc) is 3.31. The number of nitrogens with zero attached hydrogens (tertiary/aromatic N) is 3. The summed E-state index contributed by atoms with van der Waals surface area (Å²) >= 11 is 7.23. The van der Waals surface area contributed by atoms with Crippen molar-refractivity contribution in [2.75, 3.05) is 24.6 Å². The fraction of sp³-hybridized carbons (Fsp3) is 0.600. The van der Waals surface area contributed by atoms with E-state index in [-0.39, 0.29) is 28.8 Å². The summed E-state index contributed by atoms with van der Waals surface area (Å²) in [5.41, 5.74) is 1.23. The van der Waals surface area contributed by atoms with Crippen LogP contribution in [0.15, 0.2) is 0 Å². The highest BCUT2D eigenvalue weighted by molar-refractivity contribution is 7.17. The summed E-state index contributed by atoms with van der Waals surface area (Å²) in [5, 5.41) is 13.3. The molecule has 2 atom stereocenters. The van der Waals surface area contributed by atoms with Crippen molar-refractivity contribution < 1.29 is 19.4 Å². The highest BCUT2D eigenvalue weighted by Gasteiger charge is 2.33. The molecule has 11 heteroatoms. The van der Waals surface area contributed by atoms with Crippen LogP contribution in [0.1, 0.15) is 64.8 Å². The number of piperidine rings is 1. The number of unbranched alkanes of at least 4 members (excludes halogenated alkanes) is 1. The monoisotopic (exact) mass is 469 g/mol. The van der Waals surface area contributed by atoms with Crippen molar-refractivity contribution in [2.45, 2.75) is 58.6 Å². The third kappa shape index (κ3) is 5.55. The van der Waals surface area contributed by atoms with E-state index in [1.165, 1.54) is 11.3 Å². The van der Waals surface area contributed by atoms with Gasteiger partial charge in [-0.15, -0.1) is 0 Å². The zero-order valence-corrected chi connectivity index (χ0v) is 19.5. The number of anilines is 1. The Balaban J connectivity index is 1.72. The SMILES string of the molecule is CCCCO[C@H]1CN(c2nc(C)c(C(=O)O)s2)CC[C@H]1NC(=O)c1nc(Cl)c(CC)[nH]1. The predicted molar refractivity (Wildman–Crippen MR) is 120 cm³/mol. The van der Waals surface area contributed by atoms with E-state index < -0.39 is 5.97 Å². The van der Waals surface area contributed by atoms with E-state index >= 15 is 0 Å². The molecule has 1 aliphatic heterocycles.